The van der Waals surface area contributed by atoms with Gasteiger partial charge in [0.25, 0.3) is 5.91 Å². The number of fused-ring (bicyclic) bond motifs is 3. The predicted octanol–water partition coefficient (Wildman–Crippen LogP) is 0.591. The average Bonchev–Trinajstić information content (AvgIpc) is 2.94. The molecule has 0 aromatic heterocycles. The molecule has 1 aromatic rings. The lowest BCUT2D eigenvalue weighted by atomic mass is 9.98. The molecule has 28 heavy (non-hydrogen) atoms. The van der Waals surface area contributed by atoms with Crippen molar-refractivity contribution in [3.8, 4) is 0 Å². The number of nitrogens with one attached hydrogen (secondary N) is 1. The lowest BCUT2D eigenvalue weighted by molar-refractivity contribution is -0.149. The second-order valence-electron chi connectivity index (χ2n) is 7.47. The molecule has 3 rings (SSSR count). The number of para-hydroxylation sites is 1. The molecular formula is C19H23N3O6. The van der Waals surface area contributed by atoms with E-state index in [2.05, 4.69) is 5.32 Å². The minimum absolute atomic E-state index is 0.123. The van der Waals surface area contributed by atoms with Gasteiger partial charge >= 0.3 is 5.97 Å². The Balaban J connectivity index is 1.91. The van der Waals surface area contributed by atoms with E-state index in [-0.39, 0.29) is 31.4 Å². The van der Waals surface area contributed by atoms with Crippen LogP contribution in [0.15, 0.2) is 24.3 Å². The number of carbonyl (C=O) groups is 4. The quantitative estimate of drug-likeness (QED) is 0.736. The summed E-state index contributed by atoms with van der Waals surface area (Å²) in [6, 6.07) is 6.77. The number of hydrogen-bond donors (Lipinski definition) is 2. The number of ether oxygens (including phenoxy) is 1. The largest absolute Gasteiger partial charge is 0.479 e. The molecule has 2 atom stereocenters. The molecule has 0 aliphatic carbocycles. The molecule has 2 unspecified atom stereocenters. The molecule has 2 aliphatic rings. The summed E-state index contributed by atoms with van der Waals surface area (Å²) in [6.45, 7) is 2.47. The molecule has 3 amide bonds. The van der Waals surface area contributed by atoms with E-state index in [0.717, 1.165) is 0 Å². The van der Waals surface area contributed by atoms with Crippen LogP contribution in [-0.2, 0) is 19.1 Å². The molecule has 0 spiro atoms. The van der Waals surface area contributed by atoms with Gasteiger partial charge in [-0.05, 0) is 32.4 Å². The molecule has 9 nitrogen and oxygen atoms in total. The van der Waals surface area contributed by atoms with Crippen LogP contribution in [0.4, 0.5) is 5.69 Å². The molecule has 0 radical (unpaired) electrons. The van der Waals surface area contributed by atoms with E-state index >= 15 is 0 Å². The van der Waals surface area contributed by atoms with Gasteiger partial charge in [-0.25, -0.2) is 4.79 Å². The maximum Gasteiger partial charge on any atom is 0.331 e. The second kappa shape index (κ2) is 6.90. The number of nitrogens with zero attached hydrogens (tertiary/aromatic N) is 2. The van der Waals surface area contributed by atoms with Crippen molar-refractivity contribution < 1.29 is 29.0 Å². The van der Waals surface area contributed by atoms with Gasteiger partial charge in [0.2, 0.25) is 11.8 Å². The molecule has 2 N–H and O–H groups in total. The Kier molecular flexibility index (Phi) is 4.88. The van der Waals surface area contributed by atoms with Gasteiger partial charge in [0.05, 0.1) is 17.9 Å². The minimum Gasteiger partial charge on any atom is -0.479 e. The van der Waals surface area contributed by atoms with Crippen molar-refractivity contribution in [1.29, 1.82) is 0 Å². The summed E-state index contributed by atoms with van der Waals surface area (Å²) >= 11 is 0. The van der Waals surface area contributed by atoms with E-state index in [4.69, 9.17) is 4.74 Å². The number of carbonyl (C=O) groups excluding carboxylic acids is 3. The van der Waals surface area contributed by atoms with Crippen LogP contribution in [0.3, 0.4) is 0 Å². The Morgan fingerprint density at radius 3 is 2.64 bits per heavy atom. The lowest BCUT2D eigenvalue weighted by Crippen LogP contribution is -2.65. The Morgan fingerprint density at radius 2 is 2.00 bits per heavy atom. The smallest absolute Gasteiger partial charge is 0.331 e. The zero-order valence-electron chi connectivity index (χ0n) is 16.0. The summed E-state index contributed by atoms with van der Waals surface area (Å²) in [7, 11) is 1.33. The standard InChI is InChI=1S/C19H23N3O6/c1-18(11-28-3,17(26)27)20-14(23)10-21-16(25)12-6-4-5-7-13(12)22-15(24)8-9-19(21,22)2/h4-7H,8-11H2,1-3H3,(H,20,23)(H,26,27). The van der Waals surface area contributed by atoms with Crippen molar-refractivity contribution in [1.82, 2.24) is 10.2 Å². The van der Waals surface area contributed by atoms with Crippen LogP contribution in [0.2, 0.25) is 0 Å². The number of anilines is 1. The average molecular weight is 389 g/mol. The summed E-state index contributed by atoms with van der Waals surface area (Å²) < 4.78 is 4.90. The molecule has 2 heterocycles. The molecule has 1 aromatic carbocycles. The maximum absolute atomic E-state index is 13.1. The Bertz CT molecular complexity index is 856. The molecule has 0 bridgehead atoms. The lowest BCUT2D eigenvalue weighted by Gasteiger charge is -2.48. The van der Waals surface area contributed by atoms with Gasteiger partial charge in [-0.15, -0.1) is 0 Å². The van der Waals surface area contributed by atoms with E-state index in [1.165, 1.54) is 18.9 Å². The van der Waals surface area contributed by atoms with Crippen LogP contribution in [0, 0.1) is 0 Å². The number of aliphatic carboxylic acids is 1. The number of benzene rings is 1. The first-order valence-electron chi connectivity index (χ1n) is 8.91. The molecule has 0 saturated carbocycles. The Morgan fingerprint density at radius 1 is 1.32 bits per heavy atom. The van der Waals surface area contributed by atoms with Gasteiger partial charge in [0.15, 0.2) is 5.54 Å². The summed E-state index contributed by atoms with van der Waals surface area (Å²) in [4.78, 5) is 52.7. The molecule has 1 saturated heterocycles. The zero-order valence-corrected chi connectivity index (χ0v) is 16.0. The van der Waals surface area contributed by atoms with Crippen molar-refractivity contribution >= 4 is 29.4 Å². The highest BCUT2D eigenvalue weighted by atomic mass is 16.5. The number of methoxy groups -OCH3 is 1. The monoisotopic (exact) mass is 389 g/mol. The van der Waals surface area contributed by atoms with Crippen LogP contribution in [-0.4, -0.2) is 65.2 Å². The zero-order chi connectivity index (χ0) is 20.7. The van der Waals surface area contributed by atoms with Gasteiger partial charge in [-0.3, -0.25) is 19.3 Å². The fourth-order valence-electron chi connectivity index (χ4n) is 3.87. The van der Waals surface area contributed by atoms with Gasteiger partial charge in [-0.1, -0.05) is 12.1 Å². The molecule has 150 valence electrons. The van der Waals surface area contributed by atoms with Crippen LogP contribution in [0.25, 0.3) is 0 Å². The van der Waals surface area contributed by atoms with Crippen molar-refractivity contribution in [2.45, 2.75) is 37.9 Å². The van der Waals surface area contributed by atoms with Crippen molar-refractivity contribution in [3.05, 3.63) is 29.8 Å². The highest BCUT2D eigenvalue weighted by Gasteiger charge is 2.53. The number of amides is 3. The fourth-order valence-corrected chi connectivity index (χ4v) is 3.87. The Hall–Kier alpha value is -2.94. The number of carboxylic acids is 1. The van der Waals surface area contributed by atoms with E-state index in [1.54, 1.807) is 36.1 Å². The first kappa shape index (κ1) is 19.8. The van der Waals surface area contributed by atoms with Crippen LogP contribution < -0.4 is 10.2 Å². The van der Waals surface area contributed by atoms with Crippen LogP contribution in [0.5, 0.6) is 0 Å². The van der Waals surface area contributed by atoms with Crippen molar-refractivity contribution in [2.75, 3.05) is 25.2 Å². The van der Waals surface area contributed by atoms with Gasteiger partial charge in [0, 0.05) is 13.5 Å². The number of hydrogen-bond acceptors (Lipinski definition) is 5. The normalized spacial score (nSPS) is 23.1. The van der Waals surface area contributed by atoms with Crippen molar-refractivity contribution in [3.63, 3.8) is 0 Å². The van der Waals surface area contributed by atoms with E-state index < -0.39 is 23.1 Å². The summed E-state index contributed by atoms with van der Waals surface area (Å²) in [6.07, 6.45) is 0.639. The first-order chi connectivity index (χ1) is 13.1. The summed E-state index contributed by atoms with van der Waals surface area (Å²) in [5.41, 5.74) is -1.75. The third-order valence-corrected chi connectivity index (χ3v) is 5.37. The fraction of sp³-hybridized carbons (Fsp3) is 0.474. The highest BCUT2D eigenvalue weighted by Crippen LogP contribution is 2.43. The third kappa shape index (κ3) is 3.01. The van der Waals surface area contributed by atoms with Crippen LogP contribution in [0.1, 0.15) is 37.0 Å². The van der Waals surface area contributed by atoms with Crippen LogP contribution >= 0.6 is 0 Å². The third-order valence-electron chi connectivity index (χ3n) is 5.37. The minimum atomic E-state index is -1.63. The number of rotatable bonds is 6. The van der Waals surface area contributed by atoms with E-state index in [0.29, 0.717) is 17.7 Å². The highest BCUT2D eigenvalue weighted by molar-refractivity contribution is 6.11. The maximum atomic E-state index is 13.1. The molecule has 9 heteroatoms. The van der Waals surface area contributed by atoms with Crippen molar-refractivity contribution in [2.24, 2.45) is 0 Å². The van der Waals surface area contributed by atoms with E-state index in [1.807, 2.05) is 0 Å². The second-order valence-corrected chi connectivity index (χ2v) is 7.47. The van der Waals surface area contributed by atoms with Gasteiger partial charge < -0.3 is 20.1 Å². The molecule has 2 aliphatic heterocycles. The van der Waals surface area contributed by atoms with E-state index in [9.17, 15) is 24.3 Å². The Labute approximate surface area is 162 Å². The van der Waals surface area contributed by atoms with Gasteiger partial charge in [0.1, 0.15) is 12.2 Å². The summed E-state index contributed by atoms with van der Waals surface area (Å²) in [5.74, 6) is -2.39. The first-order valence-corrected chi connectivity index (χ1v) is 8.91. The summed E-state index contributed by atoms with van der Waals surface area (Å²) in [5, 5.41) is 11.8. The molecular weight excluding hydrogens is 366 g/mol. The SMILES string of the molecule is COCC(C)(NC(=O)CN1C(=O)c2ccccc2N2C(=O)CCC12C)C(=O)O. The topological polar surface area (TPSA) is 116 Å². The van der Waals surface area contributed by atoms with Gasteiger partial charge in [-0.2, -0.15) is 0 Å². The molecule has 1 fully saturated rings. The number of carboxylic acid groups (broad SMARTS) is 1. The predicted molar refractivity (Wildman–Crippen MR) is 98.7 cm³/mol.